The third-order valence-electron chi connectivity index (χ3n) is 4.66. The van der Waals surface area contributed by atoms with Crippen molar-refractivity contribution in [1.29, 1.82) is 0 Å². The zero-order valence-electron chi connectivity index (χ0n) is 19.4. The SMILES string of the molecule is C=COCCCCOC(=O)c1ccc(C(=O)OCCCCC)c(C(=O)OCCCCC)c1. The van der Waals surface area contributed by atoms with Crippen LogP contribution in [0.5, 0.6) is 0 Å². The zero-order valence-corrected chi connectivity index (χ0v) is 19.4. The predicted molar refractivity (Wildman–Crippen MR) is 122 cm³/mol. The number of hydrogen-bond acceptors (Lipinski definition) is 7. The monoisotopic (exact) mass is 448 g/mol. The van der Waals surface area contributed by atoms with Crippen molar-refractivity contribution in [3.8, 4) is 0 Å². The summed E-state index contributed by atoms with van der Waals surface area (Å²) in [5.74, 6) is -1.83. The van der Waals surface area contributed by atoms with E-state index in [4.69, 9.17) is 18.9 Å². The number of unbranched alkanes of at least 4 members (excludes halogenated alkanes) is 5. The van der Waals surface area contributed by atoms with Crippen molar-refractivity contribution in [3.05, 3.63) is 47.7 Å². The summed E-state index contributed by atoms with van der Waals surface area (Å²) < 4.78 is 20.9. The van der Waals surface area contributed by atoms with E-state index in [1.54, 1.807) is 0 Å². The standard InChI is InChI=1S/C25H36O7/c1-4-7-9-16-31-24(27)21-14-13-20(23(26)30-18-12-11-15-29-6-3)19-22(21)25(28)32-17-10-8-5-2/h6,13-14,19H,3-5,7-12,15-18H2,1-2H3. The number of esters is 3. The Morgan fingerprint density at radius 1 is 0.719 bits per heavy atom. The molecule has 178 valence electrons. The van der Waals surface area contributed by atoms with Gasteiger partial charge in [-0.2, -0.15) is 0 Å². The number of ether oxygens (including phenoxy) is 4. The minimum absolute atomic E-state index is 0.0100. The number of benzene rings is 1. The van der Waals surface area contributed by atoms with Gasteiger partial charge in [-0.1, -0.05) is 46.1 Å². The Labute approximate surface area is 191 Å². The Bertz CT molecular complexity index is 727. The Balaban J connectivity index is 2.85. The van der Waals surface area contributed by atoms with E-state index in [9.17, 15) is 14.4 Å². The minimum atomic E-state index is -0.655. The van der Waals surface area contributed by atoms with Crippen LogP contribution in [0.2, 0.25) is 0 Å². The van der Waals surface area contributed by atoms with Crippen molar-refractivity contribution in [2.45, 2.75) is 65.2 Å². The van der Waals surface area contributed by atoms with Crippen LogP contribution in [-0.4, -0.2) is 44.3 Å². The smallest absolute Gasteiger partial charge is 0.339 e. The van der Waals surface area contributed by atoms with Crippen LogP contribution in [0, 0.1) is 0 Å². The maximum atomic E-state index is 12.6. The summed E-state index contributed by atoms with van der Waals surface area (Å²) in [6.07, 6.45) is 8.08. The van der Waals surface area contributed by atoms with E-state index in [1.165, 1.54) is 24.5 Å². The van der Waals surface area contributed by atoms with Crippen molar-refractivity contribution < 1.29 is 33.3 Å². The van der Waals surface area contributed by atoms with E-state index in [2.05, 4.69) is 20.4 Å². The van der Waals surface area contributed by atoms with Gasteiger partial charge in [0.25, 0.3) is 0 Å². The van der Waals surface area contributed by atoms with Crippen LogP contribution in [0.3, 0.4) is 0 Å². The van der Waals surface area contributed by atoms with Crippen molar-refractivity contribution >= 4 is 17.9 Å². The van der Waals surface area contributed by atoms with Gasteiger partial charge in [-0.3, -0.25) is 0 Å². The summed E-state index contributed by atoms with van der Waals surface area (Å²) in [7, 11) is 0. The Morgan fingerprint density at radius 3 is 1.78 bits per heavy atom. The second-order valence-corrected chi connectivity index (χ2v) is 7.33. The largest absolute Gasteiger partial charge is 0.502 e. The maximum Gasteiger partial charge on any atom is 0.339 e. The molecular formula is C25H36O7. The summed E-state index contributed by atoms with van der Waals surface area (Å²) in [5.41, 5.74) is 0.270. The highest BCUT2D eigenvalue weighted by atomic mass is 16.5. The van der Waals surface area contributed by atoms with Crippen LogP contribution < -0.4 is 0 Å². The molecule has 0 saturated carbocycles. The average molecular weight is 449 g/mol. The molecule has 0 heterocycles. The normalized spacial score (nSPS) is 10.3. The molecule has 7 heteroatoms. The lowest BCUT2D eigenvalue weighted by atomic mass is 10.0. The first-order chi connectivity index (χ1) is 15.5. The molecule has 0 unspecified atom stereocenters. The van der Waals surface area contributed by atoms with Gasteiger partial charge in [-0.05, 0) is 43.9 Å². The van der Waals surface area contributed by atoms with E-state index < -0.39 is 17.9 Å². The molecular weight excluding hydrogens is 412 g/mol. The highest BCUT2D eigenvalue weighted by Gasteiger charge is 2.22. The van der Waals surface area contributed by atoms with Crippen molar-refractivity contribution in [2.75, 3.05) is 26.4 Å². The molecule has 0 atom stereocenters. The topological polar surface area (TPSA) is 88.1 Å². The molecule has 0 aliphatic heterocycles. The highest BCUT2D eigenvalue weighted by Crippen LogP contribution is 2.17. The quantitative estimate of drug-likeness (QED) is 0.135. The van der Waals surface area contributed by atoms with Crippen LogP contribution in [0.25, 0.3) is 0 Å². The molecule has 7 nitrogen and oxygen atoms in total. The van der Waals surface area contributed by atoms with Gasteiger partial charge >= 0.3 is 17.9 Å². The molecule has 0 aromatic heterocycles. The van der Waals surface area contributed by atoms with Crippen LogP contribution in [0.4, 0.5) is 0 Å². The summed E-state index contributed by atoms with van der Waals surface area (Å²) in [4.78, 5) is 37.6. The van der Waals surface area contributed by atoms with Gasteiger partial charge in [0, 0.05) is 0 Å². The second kappa shape index (κ2) is 16.8. The molecule has 0 radical (unpaired) electrons. The average Bonchev–Trinajstić information content (AvgIpc) is 2.81. The summed E-state index contributed by atoms with van der Waals surface area (Å²) in [5, 5.41) is 0. The van der Waals surface area contributed by atoms with E-state index in [0.29, 0.717) is 13.0 Å². The number of carbonyl (C=O) groups is 3. The fraction of sp³-hybridized carbons (Fsp3) is 0.560. The number of carbonyl (C=O) groups excluding carboxylic acids is 3. The third-order valence-corrected chi connectivity index (χ3v) is 4.66. The summed E-state index contributed by atoms with van der Waals surface area (Å²) in [6.45, 7) is 8.82. The summed E-state index contributed by atoms with van der Waals surface area (Å²) in [6, 6.07) is 4.22. The van der Waals surface area contributed by atoms with Crippen molar-refractivity contribution in [1.82, 2.24) is 0 Å². The summed E-state index contributed by atoms with van der Waals surface area (Å²) >= 11 is 0. The first-order valence-electron chi connectivity index (χ1n) is 11.4. The molecule has 0 aliphatic carbocycles. The van der Waals surface area contributed by atoms with E-state index >= 15 is 0 Å². The molecule has 32 heavy (non-hydrogen) atoms. The fourth-order valence-corrected chi connectivity index (χ4v) is 2.83. The molecule has 1 aromatic rings. The molecule has 0 amide bonds. The lowest BCUT2D eigenvalue weighted by Crippen LogP contribution is -2.17. The molecule has 0 aliphatic rings. The molecule has 0 N–H and O–H groups in total. The first-order valence-corrected chi connectivity index (χ1v) is 11.4. The molecule has 0 fully saturated rings. The Morgan fingerprint density at radius 2 is 1.22 bits per heavy atom. The van der Waals surface area contributed by atoms with Gasteiger partial charge in [-0.25, -0.2) is 14.4 Å². The van der Waals surface area contributed by atoms with Crippen molar-refractivity contribution in [3.63, 3.8) is 0 Å². The first kappa shape index (κ1) is 27.2. The molecule has 0 spiro atoms. The highest BCUT2D eigenvalue weighted by molar-refractivity contribution is 6.05. The lowest BCUT2D eigenvalue weighted by Gasteiger charge is -2.12. The van der Waals surface area contributed by atoms with Gasteiger partial charge in [0.15, 0.2) is 0 Å². The number of rotatable bonds is 17. The maximum absolute atomic E-state index is 12.6. The van der Waals surface area contributed by atoms with Gasteiger partial charge < -0.3 is 18.9 Å². The van der Waals surface area contributed by atoms with Gasteiger partial charge in [-0.15, -0.1) is 0 Å². The van der Waals surface area contributed by atoms with Gasteiger partial charge in [0.2, 0.25) is 0 Å². The molecule has 0 bridgehead atoms. The zero-order chi connectivity index (χ0) is 23.6. The van der Waals surface area contributed by atoms with Gasteiger partial charge in [0.1, 0.15) is 0 Å². The molecule has 0 saturated heterocycles. The van der Waals surface area contributed by atoms with E-state index in [-0.39, 0.29) is 36.5 Å². The lowest BCUT2D eigenvalue weighted by molar-refractivity contribution is 0.0448. The van der Waals surface area contributed by atoms with Crippen LogP contribution >= 0.6 is 0 Å². The van der Waals surface area contributed by atoms with E-state index in [1.807, 2.05) is 0 Å². The van der Waals surface area contributed by atoms with Gasteiger partial charge in [0.05, 0.1) is 49.4 Å². The van der Waals surface area contributed by atoms with Crippen LogP contribution in [0.15, 0.2) is 31.0 Å². The molecule has 1 rings (SSSR count). The molecule has 1 aromatic carbocycles. The third kappa shape index (κ3) is 10.5. The second-order valence-electron chi connectivity index (χ2n) is 7.33. The fourth-order valence-electron chi connectivity index (χ4n) is 2.83. The predicted octanol–water partition coefficient (Wildman–Crippen LogP) is 5.48. The van der Waals surface area contributed by atoms with Crippen LogP contribution in [0.1, 0.15) is 96.3 Å². The Hall–Kier alpha value is -2.83. The Kier molecular flexibility index (Phi) is 14.3. The minimum Gasteiger partial charge on any atom is -0.502 e. The van der Waals surface area contributed by atoms with E-state index in [0.717, 1.165) is 44.9 Å². The number of hydrogen-bond donors (Lipinski definition) is 0. The van der Waals surface area contributed by atoms with Crippen LogP contribution in [-0.2, 0) is 18.9 Å². The van der Waals surface area contributed by atoms with Crippen molar-refractivity contribution in [2.24, 2.45) is 0 Å².